The maximum Gasteiger partial charge on any atom is 0.407 e. The predicted octanol–water partition coefficient (Wildman–Crippen LogP) is 2.92. The number of ether oxygens (including phenoxy) is 1. The second-order valence-corrected chi connectivity index (χ2v) is 8.19. The van der Waals surface area contributed by atoms with E-state index in [-0.39, 0.29) is 42.5 Å². The number of nitrogens with one attached hydrogen (secondary N) is 3. The molecule has 1 fully saturated rings. The lowest BCUT2D eigenvalue weighted by Crippen LogP contribution is -2.35. The Morgan fingerprint density at radius 1 is 1.33 bits per heavy atom. The quantitative estimate of drug-likeness (QED) is 0.606. The molecule has 0 saturated heterocycles. The summed E-state index contributed by atoms with van der Waals surface area (Å²) in [5, 5.41) is 21.0. The van der Waals surface area contributed by atoms with Gasteiger partial charge < -0.3 is 15.4 Å². The van der Waals surface area contributed by atoms with Crippen LogP contribution in [0.25, 0.3) is 0 Å². The molecule has 3 N–H and O–H groups in total. The van der Waals surface area contributed by atoms with Gasteiger partial charge in [0.1, 0.15) is 6.10 Å². The SMILES string of the molecule is CCC(C)OC(=O)NC1CCC(c2cc(NC(=O)Cc3cn(C(C)C)nn3)n[nH]2)C1. The molecule has 0 radical (unpaired) electrons. The minimum atomic E-state index is -0.359. The van der Waals surface area contributed by atoms with E-state index in [9.17, 15) is 9.59 Å². The molecule has 0 aliphatic heterocycles. The number of hydrogen-bond acceptors (Lipinski definition) is 6. The molecule has 10 nitrogen and oxygen atoms in total. The van der Waals surface area contributed by atoms with E-state index in [4.69, 9.17) is 4.74 Å². The third-order valence-corrected chi connectivity index (χ3v) is 5.37. The molecule has 2 aromatic rings. The molecule has 10 heteroatoms. The van der Waals surface area contributed by atoms with Gasteiger partial charge in [-0.15, -0.1) is 5.10 Å². The Balaban J connectivity index is 1.47. The van der Waals surface area contributed by atoms with E-state index in [0.29, 0.717) is 11.5 Å². The first-order valence-corrected chi connectivity index (χ1v) is 10.6. The highest BCUT2D eigenvalue weighted by Gasteiger charge is 2.29. The number of alkyl carbamates (subject to hydrolysis) is 1. The van der Waals surface area contributed by atoms with Crippen LogP contribution in [-0.4, -0.2) is 49.3 Å². The summed E-state index contributed by atoms with van der Waals surface area (Å²) in [5.74, 6) is 0.546. The lowest BCUT2D eigenvalue weighted by Gasteiger charge is -2.16. The number of anilines is 1. The van der Waals surface area contributed by atoms with E-state index in [1.54, 1.807) is 10.9 Å². The normalized spacial score (nSPS) is 19.6. The van der Waals surface area contributed by atoms with Crippen molar-refractivity contribution in [3.05, 3.63) is 23.7 Å². The summed E-state index contributed by atoms with van der Waals surface area (Å²) in [6, 6.07) is 2.13. The molecular formula is C20H31N7O3. The smallest absolute Gasteiger partial charge is 0.407 e. The van der Waals surface area contributed by atoms with Crippen molar-refractivity contribution in [1.82, 2.24) is 30.5 Å². The standard InChI is InChI=1S/C20H31N7O3/c1-5-13(4)30-20(29)21-15-7-6-14(8-15)17-10-18(25-24-17)22-19(28)9-16-11-27(12(2)3)26-23-16/h10-15H,5-9H2,1-4H3,(H,21,29)(H2,22,24,25,28). The van der Waals surface area contributed by atoms with Crippen LogP contribution in [-0.2, 0) is 16.0 Å². The summed E-state index contributed by atoms with van der Waals surface area (Å²) in [6.45, 7) is 7.86. The third-order valence-electron chi connectivity index (χ3n) is 5.37. The maximum atomic E-state index is 12.3. The second kappa shape index (κ2) is 9.73. The van der Waals surface area contributed by atoms with E-state index in [2.05, 4.69) is 31.1 Å². The minimum Gasteiger partial charge on any atom is -0.447 e. The second-order valence-electron chi connectivity index (χ2n) is 8.19. The number of aromatic nitrogens is 5. The highest BCUT2D eigenvalue weighted by Crippen LogP contribution is 2.34. The van der Waals surface area contributed by atoms with E-state index in [0.717, 1.165) is 31.4 Å². The van der Waals surface area contributed by atoms with Crippen LogP contribution in [0.5, 0.6) is 0 Å². The van der Waals surface area contributed by atoms with Gasteiger partial charge in [-0.05, 0) is 46.5 Å². The Kier molecular flexibility index (Phi) is 7.07. The van der Waals surface area contributed by atoms with Gasteiger partial charge in [-0.2, -0.15) is 5.10 Å². The Labute approximate surface area is 176 Å². The van der Waals surface area contributed by atoms with E-state index < -0.39 is 0 Å². The van der Waals surface area contributed by atoms with Crippen LogP contribution in [0, 0.1) is 0 Å². The Morgan fingerprint density at radius 3 is 2.83 bits per heavy atom. The summed E-state index contributed by atoms with van der Waals surface area (Å²) in [6.07, 6.45) is 4.89. The first kappa shape index (κ1) is 21.8. The van der Waals surface area contributed by atoms with Gasteiger partial charge in [-0.1, -0.05) is 12.1 Å². The largest absolute Gasteiger partial charge is 0.447 e. The molecule has 1 aliphatic carbocycles. The van der Waals surface area contributed by atoms with Crippen molar-refractivity contribution in [1.29, 1.82) is 0 Å². The summed E-state index contributed by atoms with van der Waals surface area (Å²) in [4.78, 5) is 24.2. The van der Waals surface area contributed by atoms with Gasteiger partial charge >= 0.3 is 6.09 Å². The van der Waals surface area contributed by atoms with Crippen molar-refractivity contribution in [2.75, 3.05) is 5.32 Å². The van der Waals surface area contributed by atoms with Crippen molar-refractivity contribution in [2.24, 2.45) is 0 Å². The maximum absolute atomic E-state index is 12.3. The summed E-state index contributed by atoms with van der Waals surface area (Å²) in [7, 11) is 0. The van der Waals surface area contributed by atoms with Gasteiger partial charge in [-0.25, -0.2) is 9.48 Å². The molecular weight excluding hydrogens is 386 g/mol. The van der Waals surface area contributed by atoms with E-state index >= 15 is 0 Å². The van der Waals surface area contributed by atoms with Crippen molar-refractivity contribution < 1.29 is 14.3 Å². The van der Waals surface area contributed by atoms with Crippen molar-refractivity contribution in [2.45, 2.75) is 83.9 Å². The van der Waals surface area contributed by atoms with Crippen LogP contribution >= 0.6 is 0 Å². The summed E-state index contributed by atoms with van der Waals surface area (Å²) in [5.41, 5.74) is 1.57. The van der Waals surface area contributed by atoms with Gasteiger partial charge in [0.05, 0.1) is 12.1 Å². The third kappa shape index (κ3) is 5.80. The number of carbonyl (C=O) groups excluding carboxylic acids is 2. The number of rotatable bonds is 8. The molecule has 2 amide bonds. The van der Waals surface area contributed by atoms with E-state index in [1.165, 1.54) is 0 Å². The number of hydrogen-bond donors (Lipinski definition) is 3. The van der Waals surface area contributed by atoms with Crippen molar-refractivity contribution >= 4 is 17.8 Å². The molecule has 0 aromatic carbocycles. The minimum absolute atomic E-state index is 0.0801. The fourth-order valence-electron chi connectivity index (χ4n) is 3.47. The zero-order chi connectivity index (χ0) is 21.7. The lowest BCUT2D eigenvalue weighted by atomic mass is 10.0. The molecule has 2 aromatic heterocycles. The van der Waals surface area contributed by atoms with Gasteiger partial charge in [0.15, 0.2) is 5.82 Å². The highest BCUT2D eigenvalue weighted by atomic mass is 16.6. The molecule has 164 valence electrons. The van der Waals surface area contributed by atoms with Gasteiger partial charge in [0.25, 0.3) is 0 Å². The molecule has 0 bridgehead atoms. The van der Waals surface area contributed by atoms with Crippen LogP contribution in [0.3, 0.4) is 0 Å². The number of carbonyl (C=O) groups is 2. The zero-order valence-corrected chi connectivity index (χ0v) is 18.0. The molecule has 3 rings (SSSR count). The van der Waals surface area contributed by atoms with Crippen LogP contribution in [0.4, 0.5) is 10.6 Å². The predicted molar refractivity (Wildman–Crippen MR) is 111 cm³/mol. The molecule has 1 aliphatic rings. The monoisotopic (exact) mass is 417 g/mol. The molecule has 30 heavy (non-hydrogen) atoms. The Morgan fingerprint density at radius 2 is 2.13 bits per heavy atom. The summed E-state index contributed by atoms with van der Waals surface area (Å²) >= 11 is 0. The number of aromatic amines is 1. The van der Waals surface area contributed by atoms with Crippen molar-refractivity contribution in [3.8, 4) is 0 Å². The first-order valence-electron chi connectivity index (χ1n) is 10.6. The number of amides is 2. The van der Waals surface area contributed by atoms with Crippen LogP contribution in [0.2, 0.25) is 0 Å². The zero-order valence-electron chi connectivity index (χ0n) is 18.0. The van der Waals surface area contributed by atoms with Gasteiger partial charge in [-0.3, -0.25) is 9.89 Å². The summed E-state index contributed by atoms with van der Waals surface area (Å²) < 4.78 is 7.01. The van der Waals surface area contributed by atoms with Crippen LogP contribution in [0.15, 0.2) is 12.3 Å². The molecule has 0 spiro atoms. The molecule has 2 heterocycles. The number of nitrogens with zero attached hydrogens (tertiary/aromatic N) is 4. The molecule has 1 saturated carbocycles. The highest BCUT2D eigenvalue weighted by molar-refractivity contribution is 5.91. The van der Waals surface area contributed by atoms with Gasteiger partial charge in [0.2, 0.25) is 5.91 Å². The average Bonchev–Trinajstić information content (AvgIpc) is 3.42. The fourth-order valence-corrected chi connectivity index (χ4v) is 3.47. The first-order chi connectivity index (χ1) is 14.3. The molecule has 3 atom stereocenters. The van der Waals surface area contributed by atoms with Crippen LogP contribution < -0.4 is 10.6 Å². The van der Waals surface area contributed by atoms with E-state index in [1.807, 2.05) is 33.8 Å². The van der Waals surface area contributed by atoms with Crippen molar-refractivity contribution in [3.63, 3.8) is 0 Å². The van der Waals surface area contributed by atoms with Gasteiger partial charge in [0, 0.05) is 36.0 Å². The molecule has 3 unspecified atom stereocenters. The number of H-pyrrole nitrogens is 1. The topological polar surface area (TPSA) is 127 Å². The van der Waals surface area contributed by atoms with Crippen LogP contribution in [0.1, 0.15) is 76.7 Å². The Bertz CT molecular complexity index is 860. The average molecular weight is 418 g/mol. The fraction of sp³-hybridized carbons (Fsp3) is 0.650. The lowest BCUT2D eigenvalue weighted by molar-refractivity contribution is -0.115. The Hall–Kier alpha value is -2.91.